The monoisotopic (exact) mass is 484 g/mol. The number of aryl methyl sites for hydroxylation is 3. The van der Waals surface area contributed by atoms with E-state index in [4.69, 9.17) is 0 Å². The fraction of sp³-hybridized carbons (Fsp3) is 0.160. The highest BCUT2D eigenvalue weighted by molar-refractivity contribution is 6.00. The second-order valence-electron chi connectivity index (χ2n) is 8.11. The molecule has 6 nitrogen and oxygen atoms in total. The summed E-state index contributed by atoms with van der Waals surface area (Å²) in [4.78, 5) is 29.8. The molecule has 2 amide bonds. The SMILES string of the molecule is Cc1cc2c(cn1)cc(-c1cc(NC(=O)Nc3ccc(F)c(C(F)(F)F)c3)ccc1C)c(=O)n2C. The van der Waals surface area contributed by atoms with Gasteiger partial charge in [-0.05, 0) is 67.4 Å². The van der Waals surface area contributed by atoms with Crippen LogP contribution in [0.5, 0.6) is 0 Å². The molecule has 0 aliphatic heterocycles. The third-order valence-electron chi connectivity index (χ3n) is 5.56. The van der Waals surface area contributed by atoms with Crippen LogP contribution in [-0.2, 0) is 13.2 Å². The molecule has 0 radical (unpaired) electrons. The number of rotatable bonds is 3. The van der Waals surface area contributed by atoms with Crippen LogP contribution in [0.25, 0.3) is 22.0 Å². The average molecular weight is 484 g/mol. The summed E-state index contributed by atoms with van der Waals surface area (Å²) >= 11 is 0. The van der Waals surface area contributed by atoms with E-state index in [1.165, 1.54) is 4.57 Å². The van der Waals surface area contributed by atoms with Crippen molar-refractivity contribution in [3.63, 3.8) is 0 Å². The van der Waals surface area contributed by atoms with Crippen molar-refractivity contribution in [2.24, 2.45) is 7.05 Å². The van der Waals surface area contributed by atoms with Gasteiger partial charge in [0, 0.05) is 41.3 Å². The minimum Gasteiger partial charge on any atom is -0.311 e. The van der Waals surface area contributed by atoms with Gasteiger partial charge in [0.05, 0.1) is 11.1 Å². The van der Waals surface area contributed by atoms with Crippen LogP contribution in [0.2, 0.25) is 0 Å². The van der Waals surface area contributed by atoms with Gasteiger partial charge in [0.15, 0.2) is 0 Å². The number of amides is 2. The molecular formula is C25H20F4N4O2. The Morgan fingerprint density at radius 3 is 2.29 bits per heavy atom. The smallest absolute Gasteiger partial charge is 0.311 e. The van der Waals surface area contributed by atoms with Crippen molar-refractivity contribution < 1.29 is 22.4 Å². The number of urea groups is 1. The molecule has 0 aliphatic carbocycles. The zero-order valence-electron chi connectivity index (χ0n) is 18.9. The number of hydrogen-bond donors (Lipinski definition) is 2. The molecule has 0 spiro atoms. The van der Waals surface area contributed by atoms with Crippen LogP contribution in [-0.4, -0.2) is 15.6 Å². The van der Waals surface area contributed by atoms with Gasteiger partial charge in [0.25, 0.3) is 5.56 Å². The summed E-state index contributed by atoms with van der Waals surface area (Å²) in [5.74, 6) is -1.44. The van der Waals surface area contributed by atoms with Gasteiger partial charge >= 0.3 is 12.2 Å². The van der Waals surface area contributed by atoms with E-state index >= 15 is 0 Å². The third kappa shape index (κ3) is 4.86. The Labute approximate surface area is 197 Å². The Hall–Kier alpha value is -4.21. The second-order valence-corrected chi connectivity index (χ2v) is 8.11. The van der Waals surface area contributed by atoms with Crippen LogP contribution in [0.1, 0.15) is 16.8 Å². The first-order valence-corrected chi connectivity index (χ1v) is 10.5. The van der Waals surface area contributed by atoms with Crippen molar-refractivity contribution >= 4 is 28.3 Å². The molecule has 0 saturated heterocycles. The third-order valence-corrected chi connectivity index (χ3v) is 5.56. The van der Waals surface area contributed by atoms with E-state index in [0.717, 1.165) is 28.2 Å². The lowest BCUT2D eigenvalue weighted by Gasteiger charge is -2.14. The molecule has 0 unspecified atom stereocenters. The van der Waals surface area contributed by atoms with Gasteiger partial charge in [0.1, 0.15) is 5.82 Å². The maximum absolute atomic E-state index is 13.5. The van der Waals surface area contributed by atoms with Crippen molar-refractivity contribution in [3.05, 3.63) is 87.7 Å². The van der Waals surface area contributed by atoms with Crippen LogP contribution in [0.4, 0.5) is 33.7 Å². The van der Waals surface area contributed by atoms with Gasteiger partial charge in [-0.1, -0.05) is 6.07 Å². The number of carbonyl (C=O) groups excluding carboxylic acids is 1. The number of carbonyl (C=O) groups is 1. The molecule has 0 aliphatic rings. The van der Waals surface area contributed by atoms with Crippen molar-refractivity contribution in [1.29, 1.82) is 0 Å². The summed E-state index contributed by atoms with van der Waals surface area (Å²) in [6.45, 7) is 3.64. The second kappa shape index (κ2) is 8.86. The minimum atomic E-state index is -4.90. The molecule has 0 bridgehead atoms. The highest BCUT2D eigenvalue weighted by Crippen LogP contribution is 2.33. The molecule has 2 aromatic heterocycles. The molecular weight excluding hydrogens is 464 g/mol. The van der Waals surface area contributed by atoms with Gasteiger partial charge in [-0.25, -0.2) is 9.18 Å². The van der Waals surface area contributed by atoms with Crippen molar-refractivity contribution in [2.45, 2.75) is 20.0 Å². The lowest BCUT2D eigenvalue weighted by Crippen LogP contribution is -2.21. The van der Waals surface area contributed by atoms with Crippen molar-refractivity contribution in [3.8, 4) is 11.1 Å². The largest absolute Gasteiger partial charge is 0.419 e. The van der Waals surface area contributed by atoms with E-state index in [1.807, 2.05) is 19.9 Å². The summed E-state index contributed by atoms with van der Waals surface area (Å²) in [7, 11) is 1.66. The summed E-state index contributed by atoms with van der Waals surface area (Å²) < 4.78 is 53.8. The van der Waals surface area contributed by atoms with Crippen molar-refractivity contribution in [2.75, 3.05) is 10.6 Å². The predicted molar refractivity (Wildman–Crippen MR) is 126 cm³/mol. The predicted octanol–water partition coefficient (Wildman–Crippen LogP) is 6.02. The lowest BCUT2D eigenvalue weighted by atomic mass is 9.99. The highest BCUT2D eigenvalue weighted by atomic mass is 19.4. The standard InChI is InChI=1S/C25H20F4N4O2/c1-13-4-5-16(31-24(35)32-17-6-7-21(26)20(11-17)25(27,28)29)10-18(13)19-9-15-12-30-14(2)8-22(15)33(3)23(19)34/h4-12H,1-3H3,(H2,31,32,35). The van der Waals surface area contributed by atoms with Gasteiger partial charge < -0.3 is 15.2 Å². The number of benzene rings is 2. The number of fused-ring (bicyclic) bond motifs is 1. The van der Waals surface area contributed by atoms with Crippen LogP contribution < -0.4 is 16.2 Å². The van der Waals surface area contributed by atoms with E-state index in [-0.39, 0.29) is 11.2 Å². The maximum atomic E-state index is 13.5. The zero-order chi connectivity index (χ0) is 25.5. The van der Waals surface area contributed by atoms with Gasteiger partial charge in [-0.15, -0.1) is 0 Å². The first-order valence-electron chi connectivity index (χ1n) is 10.5. The van der Waals surface area contributed by atoms with Crippen LogP contribution >= 0.6 is 0 Å². The first kappa shape index (κ1) is 23.9. The molecule has 0 atom stereocenters. The molecule has 2 N–H and O–H groups in total. The minimum absolute atomic E-state index is 0.227. The quantitative estimate of drug-likeness (QED) is 0.349. The van der Waals surface area contributed by atoms with E-state index < -0.39 is 23.6 Å². The zero-order valence-corrected chi connectivity index (χ0v) is 18.9. The number of nitrogens with zero attached hydrogens (tertiary/aromatic N) is 2. The summed E-state index contributed by atoms with van der Waals surface area (Å²) in [6, 6.07) is 9.80. The summed E-state index contributed by atoms with van der Waals surface area (Å²) in [5.41, 5.74) is 1.63. The number of anilines is 2. The molecule has 35 heavy (non-hydrogen) atoms. The van der Waals surface area contributed by atoms with Crippen LogP contribution in [0.3, 0.4) is 0 Å². The molecule has 2 heterocycles. The van der Waals surface area contributed by atoms with Crippen LogP contribution in [0.15, 0.2) is 59.5 Å². The van der Waals surface area contributed by atoms with Gasteiger partial charge in [-0.2, -0.15) is 13.2 Å². The molecule has 2 aromatic carbocycles. The number of hydrogen-bond acceptors (Lipinski definition) is 3. The van der Waals surface area contributed by atoms with E-state index in [0.29, 0.717) is 28.9 Å². The normalized spacial score (nSPS) is 11.5. The number of halogens is 4. The Bertz CT molecular complexity index is 1530. The molecule has 0 saturated carbocycles. The molecule has 4 aromatic rings. The summed E-state index contributed by atoms with van der Waals surface area (Å²) in [6.07, 6.45) is -3.22. The number of alkyl halides is 3. The lowest BCUT2D eigenvalue weighted by molar-refractivity contribution is -0.139. The average Bonchev–Trinajstić information content (AvgIpc) is 2.78. The molecule has 4 rings (SSSR count). The fourth-order valence-corrected chi connectivity index (χ4v) is 3.76. The Morgan fingerprint density at radius 1 is 0.943 bits per heavy atom. The number of pyridine rings is 2. The van der Waals surface area contributed by atoms with Crippen LogP contribution in [0, 0.1) is 19.7 Å². The van der Waals surface area contributed by atoms with Crippen molar-refractivity contribution in [1.82, 2.24) is 9.55 Å². The first-order chi connectivity index (χ1) is 16.4. The topological polar surface area (TPSA) is 76.0 Å². The maximum Gasteiger partial charge on any atom is 0.419 e. The number of aromatic nitrogens is 2. The van der Waals surface area contributed by atoms with E-state index in [2.05, 4.69) is 15.6 Å². The Kier molecular flexibility index (Phi) is 6.06. The van der Waals surface area contributed by atoms with Gasteiger partial charge in [0.2, 0.25) is 0 Å². The molecule has 10 heteroatoms. The van der Waals surface area contributed by atoms with E-state index in [1.54, 1.807) is 37.5 Å². The number of nitrogens with one attached hydrogen (secondary N) is 2. The fourth-order valence-electron chi connectivity index (χ4n) is 3.76. The molecule has 0 fully saturated rings. The molecule has 180 valence electrons. The summed E-state index contributed by atoms with van der Waals surface area (Å²) in [5, 5.41) is 5.56. The highest BCUT2D eigenvalue weighted by Gasteiger charge is 2.34. The Balaban J connectivity index is 1.64. The van der Waals surface area contributed by atoms with E-state index in [9.17, 15) is 27.2 Å². The Morgan fingerprint density at radius 2 is 1.60 bits per heavy atom. The van der Waals surface area contributed by atoms with Gasteiger partial charge in [-0.3, -0.25) is 9.78 Å².